The zero-order valence-electron chi connectivity index (χ0n) is 23.3. The summed E-state index contributed by atoms with van der Waals surface area (Å²) in [6.45, 7) is 9.61. The minimum atomic E-state index is -0.835. The second-order valence-electron chi connectivity index (χ2n) is 9.58. The molecule has 0 fully saturated rings. The maximum absolute atomic E-state index is 13.9. The van der Waals surface area contributed by atoms with E-state index >= 15 is 0 Å². The third kappa shape index (κ3) is 6.17. The molecular weight excluding hydrogens is 532 g/mol. The largest absolute Gasteiger partial charge is 0.494 e. The van der Waals surface area contributed by atoms with Crippen molar-refractivity contribution in [1.82, 2.24) is 4.57 Å². The van der Waals surface area contributed by atoms with Gasteiger partial charge in [0.25, 0.3) is 5.56 Å². The van der Waals surface area contributed by atoms with Gasteiger partial charge >= 0.3 is 11.9 Å². The Balaban J connectivity index is 1.88. The normalized spacial score (nSPS) is 15.0. The van der Waals surface area contributed by atoms with Crippen LogP contribution in [-0.2, 0) is 14.3 Å². The lowest BCUT2D eigenvalue weighted by atomic mass is 9.95. The summed E-state index contributed by atoms with van der Waals surface area (Å²) < 4.78 is 23.8. The molecule has 0 aliphatic carbocycles. The number of carbonyl (C=O) groups excluding carboxylic acids is 2. The fraction of sp³-hybridized carbons (Fsp3) is 0.333. The van der Waals surface area contributed by atoms with Gasteiger partial charge in [-0.05, 0) is 61.2 Å². The Morgan fingerprint density at radius 1 is 1.12 bits per heavy atom. The SMILES string of the molecule is CCOc1ccc(/C=c2/sc3n(c2=O)C(c2ccc(OC(C)=O)c(OC)c2)C(C(=O)OCC(C)C)=C(C)N=3)cc1. The van der Waals surface area contributed by atoms with Crippen LogP contribution in [0.15, 0.2) is 63.5 Å². The zero-order valence-corrected chi connectivity index (χ0v) is 24.2. The van der Waals surface area contributed by atoms with Crippen molar-refractivity contribution in [3.63, 3.8) is 0 Å². The average Bonchev–Trinajstić information content (AvgIpc) is 3.21. The second-order valence-corrected chi connectivity index (χ2v) is 10.6. The minimum absolute atomic E-state index is 0.127. The molecule has 0 radical (unpaired) electrons. The van der Waals surface area contributed by atoms with Gasteiger partial charge in [-0.1, -0.05) is 43.4 Å². The lowest BCUT2D eigenvalue weighted by Crippen LogP contribution is -2.40. The maximum atomic E-state index is 13.9. The number of aromatic nitrogens is 1. The summed E-state index contributed by atoms with van der Waals surface area (Å²) in [5, 5.41) is 0. The van der Waals surface area contributed by atoms with Gasteiger partial charge in [-0.2, -0.15) is 0 Å². The number of rotatable bonds is 9. The van der Waals surface area contributed by atoms with Gasteiger partial charge in [-0.25, -0.2) is 9.79 Å². The molecule has 0 saturated carbocycles. The number of hydrogen-bond acceptors (Lipinski definition) is 9. The van der Waals surface area contributed by atoms with Crippen molar-refractivity contribution in [1.29, 1.82) is 0 Å². The summed E-state index contributed by atoms with van der Waals surface area (Å²) in [5.74, 6) is 0.333. The first-order valence-corrected chi connectivity index (χ1v) is 13.7. The van der Waals surface area contributed by atoms with Gasteiger partial charge in [0.05, 0.1) is 42.2 Å². The van der Waals surface area contributed by atoms with Gasteiger partial charge in [-0.3, -0.25) is 14.2 Å². The topological polar surface area (TPSA) is 105 Å². The Bertz CT molecular complexity index is 1630. The van der Waals surface area contributed by atoms with Crippen molar-refractivity contribution in [2.45, 2.75) is 40.7 Å². The van der Waals surface area contributed by atoms with Gasteiger partial charge in [0.2, 0.25) is 0 Å². The first-order valence-electron chi connectivity index (χ1n) is 12.9. The first kappa shape index (κ1) is 28.8. The van der Waals surface area contributed by atoms with Gasteiger partial charge in [-0.15, -0.1) is 0 Å². The molecule has 40 heavy (non-hydrogen) atoms. The minimum Gasteiger partial charge on any atom is -0.494 e. The van der Waals surface area contributed by atoms with E-state index in [4.69, 9.17) is 18.9 Å². The number of benzene rings is 2. The summed E-state index contributed by atoms with van der Waals surface area (Å²) in [7, 11) is 1.45. The van der Waals surface area contributed by atoms with Crippen LogP contribution in [-0.4, -0.2) is 36.8 Å². The predicted octanol–water partition coefficient (Wildman–Crippen LogP) is 3.77. The molecule has 0 spiro atoms. The summed E-state index contributed by atoms with van der Waals surface area (Å²) in [6.07, 6.45) is 1.79. The Labute approximate surface area is 236 Å². The van der Waals surface area contributed by atoms with Gasteiger partial charge < -0.3 is 18.9 Å². The highest BCUT2D eigenvalue weighted by atomic mass is 32.1. The third-order valence-electron chi connectivity index (χ3n) is 6.04. The number of fused-ring (bicyclic) bond motifs is 1. The van der Waals surface area contributed by atoms with E-state index in [-0.39, 0.29) is 35.2 Å². The molecule has 4 rings (SSSR count). The smallest absolute Gasteiger partial charge is 0.338 e. The maximum Gasteiger partial charge on any atom is 0.338 e. The van der Waals surface area contributed by atoms with E-state index in [1.807, 2.05) is 45.0 Å². The van der Waals surface area contributed by atoms with Crippen LogP contribution in [0.3, 0.4) is 0 Å². The zero-order chi connectivity index (χ0) is 29.0. The van der Waals surface area contributed by atoms with Crippen molar-refractivity contribution in [3.05, 3.63) is 84.5 Å². The van der Waals surface area contributed by atoms with Crippen LogP contribution in [0.5, 0.6) is 17.2 Å². The monoisotopic (exact) mass is 564 g/mol. The molecule has 1 aromatic heterocycles. The molecule has 3 aromatic rings. The van der Waals surface area contributed by atoms with Crippen LogP contribution in [0.25, 0.3) is 6.08 Å². The van der Waals surface area contributed by atoms with Gasteiger partial charge in [0, 0.05) is 6.92 Å². The Kier molecular flexibility index (Phi) is 8.89. The summed E-state index contributed by atoms with van der Waals surface area (Å²) in [6, 6.07) is 11.5. The number of nitrogens with zero attached hydrogens (tertiary/aromatic N) is 2. The number of ether oxygens (including phenoxy) is 4. The highest BCUT2D eigenvalue weighted by Crippen LogP contribution is 2.36. The Morgan fingerprint density at radius 3 is 2.48 bits per heavy atom. The number of allylic oxidation sites excluding steroid dienone is 1. The molecule has 1 atom stereocenters. The van der Waals surface area contributed by atoms with E-state index in [0.717, 1.165) is 11.3 Å². The molecule has 0 bridgehead atoms. The summed E-state index contributed by atoms with van der Waals surface area (Å²) in [4.78, 5) is 43.9. The van der Waals surface area contributed by atoms with E-state index in [9.17, 15) is 14.4 Å². The van der Waals surface area contributed by atoms with Crippen molar-refractivity contribution >= 4 is 29.4 Å². The molecule has 1 aliphatic rings. The van der Waals surface area contributed by atoms with Crippen molar-refractivity contribution in [2.75, 3.05) is 20.3 Å². The lowest BCUT2D eigenvalue weighted by molar-refractivity contribution is -0.140. The van der Waals surface area contributed by atoms with Crippen LogP contribution >= 0.6 is 11.3 Å². The Hall–Kier alpha value is -4.18. The summed E-state index contributed by atoms with van der Waals surface area (Å²) >= 11 is 1.24. The van der Waals surface area contributed by atoms with E-state index in [0.29, 0.717) is 27.2 Å². The van der Waals surface area contributed by atoms with Crippen LogP contribution in [0.2, 0.25) is 0 Å². The second kappa shape index (κ2) is 12.3. The summed E-state index contributed by atoms with van der Waals surface area (Å²) in [5.41, 5.74) is 1.81. The van der Waals surface area contributed by atoms with Crippen molar-refractivity contribution in [2.24, 2.45) is 10.9 Å². The van der Waals surface area contributed by atoms with Gasteiger partial charge in [0.15, 0.2) is 16.3 Å². The van der Waals surface area contributed by atoms with E-state index < -0.39 is 18.0 Å². The first-order chi connectivity index (χ1) is 19.1. The van der Waals surface area contributed by atoms with E-state index in [1.165, 1.54) is 29.9 Å². The molecular formula is C30H32N2O7S. The number of hydrogen-bond donors (Lipinski definition) is 0. The molecule has 10 heteroatoms. The Morgan fingerprint density at radius 2 is 1.85 bits per heavy atom. The van der Waals surface area contributed by atoms with Crippen LogP contribution in [0.1, 0.15) is 51.8 Å². The highest BCUT2D eigenvalue weighted by molar-refractivity contribution is 7.07. The fourth-order valence-electron chi connectivity index (χ4n) is 4.29. The molecule has 1 aliphatic heterocycles. The molecule has 0 N–H and O–H groups in total. The van der Waals surface area contributed by atoms with Crippen molar-refractivity contribution in [3.8, 4) is 17.2 Å². The van der Waals surface area contributed by atoms with E-state index in [1.54, 1.807) is 31.2 Å². The van der Waals surface area contributed by atoms with Crippen LogP contribution in [0, 0.1) is 5.92 Å². The predicted molar refractivity (Wildman–Crippen MR) is 151 cm³/mol. The molecule has 0 saturated heterocycles. The van der Waals surface area contributed by atoms with Crippen LogP contribution in [0.4, 0.5) is 0 Å². The molecule has 2 aromatic carbocycles. The van der Waals surface area contributed by atoms with E-state index in [2.05, 4.69) is 4.99 Å². The molecule has 210 valence electrons. The third-order valence-corrected chi connectivity index (χ3v) is 7.02. The number of methoxy groups -OCH3 is 1. The molecule has 0 amide bonds. The molecule has 1 unspecified atom stereocenters. The molecule has 9 nitrogen and oxygen atoms in total. The standard InChI is InChI=1S/C30H32N2O7S/c1-7-37-22-11-8-20(9-12-22)14-25-28(34)32-27(21-10-13-23(39-19(5)33)24(15-21)36-6)26(18(4)31-30(32)40-25)29(35)38-16-17(2)3/h8-15,17,27H,7,16H2,1-6H3/b25-14+. The quantitative estimate of drug-likeness (QED) is 0.288. The number of esters is 2. The van der Waals surface area contributed by atoms with Crippen molar-refractivity contribution < 1.29 is 28.5 Å². The number of thiazole rings is 1. The number of carbonyl (C=O) groups is 2. The highest BCUT2D eigenvalue weighted by Gasteiger charge is 2.34. The average molecular weight is 565 g/mol. The van der Waals surface area contributed by atoms with Gasteiger partial charge in [0.1, 0.15) is 5.75 Å². The lowest BCUT2D eigenvalue weighted by Gasteiger charge is -2.25. The molecule has 2 heterocycles. The van der Waals surface area contributed by atoms with Crippen LogP contribution < -0.4 is 29.1 Å². The fourth-order valence-corrected chi connectivity index (χ4v) is 5.34.